The SMILES string of the molecule is O=C(CNC(=O)c1ccc(Br)cc1)NO. The lowest BCUT2D eigenvalue weighted by molar-refractivity contribution is -0.128. The van der Waals surface area contributed by atoms with Crippen molar-refractivity contribution in [3.05, 3.63) is 34.3 Å². The second-order valence-corrected chi connectivity index (χ2v) is 3.64. The molecule has 1 aromatic rings. The summed E-state index contributed by atoms with van der Waals surface area (Å²) in [5.74, 6) is -1.04. The van der Waals surface area contributed by atoms with E-state index >= 15 is 0 Å². The predicted octanol–water partition coefficient (Wildman–Crippen LogP) is 0.684. The molecule has 5 nitrogen and oxygen atoms in total. The van der Waals surface area contributed by atoms with E-state index in [2.05, 4.69) is 21.2 Å². The molecule has 0 aliphatic rings. The lowest BCUT2D eigenvalue weighted by Crippen LogP contribution is -2.35. The third-order valence-electron chi connectivity index (χ3n) is 1.64. The molecular weight excluding hydrogens is 264 g/mol. The first-order valence-corrected chi connectivity index (χ1v) is 4.89. The minimum atomic E-state index is -0.666. The second-order valence-electron chi connectivity index (χ2n) is 2.72. The van der Waals surface area contributed by atoms with Gasteiger partial charge in [-0.3, -0.25) is 14.8 Å². The van der Waals surface area contributed by atoms with Crippen LogP contribution in [-0.4, -0.2) is 23.6 Å². The molecule has 0 bridgehead atoms. The van der Waals surface area contributed by atoms with Crippen molar-refractivity contribution in [1.82, 2.24) is 10.8 Å². The molecule has 2 amide bonds. The molecule has 1 rings (SSSR count). The Bertz CT molecular complexity index is 364. The van der Waals surface area contributed by atoms with Gasteiger partial charge in [0.2, 0.25) is 0 Å². The summed E-state index contributed by atoms with van der Waals surface area (Å²) >= 11 is 3.24. The van der Waals surface area contributed by atoms with Gasteiger partial charge in [-0.1, -0.05) is 15.9 Å². The summed E-state index contributed by atoms with van der Waals surface area (Å²) in [4.78, 5) is 22.0. The first kappa shape index (κ1) is 11.7. The number of amides is 2. The molecule has 0 radical (unpaired) electrons. The minimum absolute atomic E-state index is 0.259. The van der Waals surface area contributed by atoms with E-state index in [0.29, 0.717) is 5.56 Å². The third kappa shape index (κ3) is 3.69. The molecule has 6 heteroatoms. The third-order valence-corrected chi connectivity index (χ3v) is 2.17. The molecule has 0 aromatic heterocycles. The van der Waals surface area contributed by atoms with Crippen molar-refractivity contribution in [3.63, 3.8) is 0 Å². The maximum absolute atomic E-state index is 11.4. The van der Waals surface area contributed by atoms with Gasteiger partial charge in [0.1, 0.15) is 0 Å². The summed E-state index contributed by atoms with van der Waals surface area (Å²) in [6.07, 6.45) is 0. The second kappa shape index (κ2) is 5.47. The fourth-order valence-electron chi connectivity index (χ4n) is 0.903. The molecule has 1 aromatic carbocycles. The predicted molar refractivity (Wildman–Crippen MR) is 56.4 cm³/mol. The summed E-state index contributed by atoms with van der Waals surface area (Å²) in [5, 5.41) is 10.5. The van der Waals surface area contributed by atoms with E-state index in [0.717, 1.165) is 4.47 Å². The average Bonchev–Trinajstić information content (AvgIpc) is 2.26. The maximum atomic E-state index is 11.4. The van der Waals surface area contributed by atoms with Crippen LogP contribution in [0.1, 0.15) is 10.4 Å². The minimum Gasteiger partial charge on any atom is -0.343 e. The van der Waals surface area contributed by atoms with Crippen LogP contribution in [0.15, 0.2) is 28.7 Å². The largest absolute Gasteiger partial charge is 0.343 e. The highest BCUT2D eigenvalue weighted by Gasteiger charge is 2.06. The highest BCUT2D eigenvalue weighted by atomic mass is 79.9. The Kier molecular flexibility index (Phi) is 4.26. The molecule has 0 unspecified atom stereocenters. The first-order chi connectivity index (χ1) is 7.13. The van der Waals surface area contributed by atoms with Crippen LogP contribution >= 0.6 is 15.9 Å². The van der Waals surface area contributed by atoms with E-state index < -0.39 is 5.91 Å². The van der Waals surface area contributed by atoms with Gasteiger partial charge in [0.15, 0.2) is 0 Å². The zero-order valence-corrected chi connectivity index (χ0v) is 9.24. The number of hydrogen-bond acceptors (Lipinski definition) is 3. The Balaban J connectivity index is 2.54. The molecule has 0 atom stereocenters. The Morgan fingerprint density at radius 2 is 1.87 bits per heavy atom. The number of benzene rings is 1. The zero-order chi connectivity index (χ0) is 11.3. The summed E-state index contributed by atoms with van der Waals surface area (Å²) in [6, 6.07) is 6.69. The maximum Gasteiger partial charge on any atom is 0.262 e. The number of carbonyl (C=O) groups excluding carboxylic acids is 2. The highest BCUT2D eigenvalue weighted by Crippen LogP contribution is 2.10. The zero-order valence-electron chi connectivity index (χ0n) is 7.66. The van der Waals surface area contributed by atoms with Crippen LogP contribution in [-0.2, 0) is 4.79 Å². The van der Waals surface area contributed by atoms with Gasteiger partial charge in [0, 0.05) is 10.0 Å². The number of carbonyl (C=O) groups is 2. The van der Waals surface area contributed by atoms with E-state index in [-0.39, 0.29) is 12.5 Å². The highest BCUT2D eigenvalue weighted by molar-refractivity contribution is 9.10. The molecule has 0 aliphatic carbocycles. The molecule has 0 heterocycles. The molecular formula is C9H9BrN2O3. The van der Waals surface area contributed by atoms with Crippen LogP contribution in [0.25, 0.3) is 0 Å². The quantitative estimate of drug-likeness (QED) is 0.560. The van der Waals surface area contributed by atoms with Crippen molar-refractivity contribution < 1.29 is 14.8 Å². The summed E-state index contributed by atoms with van der Waals surface area (Å²) < 4.78 is 0.868. The molecule has 3 N–H and O–H groups in total. The monoisotopic (exact) mass is 272 g/mol. The number of halogens is 1. The number of hydroxylamine groups is 1. The van der Waals surface area contributed by atoms with Crippen LogP contribution < -0.4 is 10.8 Å². The van der Waals surface area contributed by atoms with Gasteiger partial charge >= 0.3 is 0 Å². The van der Waals surface area contributed by atoms with E-state index in [1.165, 1.54) is 5.48 Å². The number of nitrogens with one attached hydrogen (secondary N) is 2. The van der Waals surface area contributed by atoms with Crippen LogP contribution in [0.3, 0.4) is 0 Å². The van der Waals surface area contributed by atoms with Crippen LogP contribution in [0, 0.1) is 0 Å². The summed E-state index contributed by atoms with van der Waals surface area (Å²) in [7, 11) is 0. The van der Waals surface area contributed by atoms with Gasteiger partial charge in [0.25, 0.3) is 11.8 Å². The van der Waals surface area contributed by atoms with Crippen molar-refractivity contribution in [3.8, 4) is 0 Å². The van der Waals surface area contributed by atoms with Gasteiger partial charge in [-0.25, -0.2) is 5.48 Å². The topological polar surface area (TPSA) is 78.4 Å². The van der Waals surface area contributed by atoms with E-state index in [4.69, 9.17) is 5.21 Å². The Labute approximate surface area is 94.6 Å². The summed E-state index contributed by atoms with van der Waals surface area (Å²) in [5.41, 5.74) is 1.87. The lowest BCUT2D eigenvalue weighted by Gasteiger charge is -2.03. The number of rotatable bonds is 3. The molecule has 80 valence electrons. The van der Waals surface area contributed by atoms with E-state index in [9.17, 15) is 9.59 Å². The average molecular weight is 273 g/mol. The standard InChI is InChI=1S/C9H9BrN2O3/c10-7-3-1-6(2-4-7)9(14)11-5-8(13)12-15/h1-4,15H,5H2,(H,11,14)(H,12,13). The van der Waals surface area contributed by atoms with Crippen molar-refractivity contribution in [2.45, 2.75) is 0 Å². The van der Waals surface area contributed by atoms with Gasteiger partial charge < -0.3 is 5.32 Å². The normalized spacial score (nSPS) is 9.47. The smallest absolute Gasteiger partial charge is 0.262 e. The van der Waals surface area contributed by atoms with Gasteiger partial charge in [-0.2, -0.15) is 0 Å². The van der Waals surface area contributed by atoms with E-state index in [1.807, 2.05) is 0 Å². The molecule has 0 spiro atoms. The number of hydrogen-bond donors (Lipinski definition) is 3. The van der Waals surface area contributed by atoms with Crippen molar-refractivity contribution in [2.75, 3.05) is 6.54 Å². The van der Waals surface area contributed by atoms with Crippen LogP contribution in [0.5, 0.6) is 0 Å². The first-order valence-electron chi connectivity index (χ1n) is 4.10. The molecule has 0 saturated carbocycles. The molecule has 0 saturated heterocycles. The van der Waals surface area contributed by atoms with Crippen molar-refractivity contribution >= 4 is 27.7 Å². The molecule has 0 fully saturated rings. The Morgan fingerprint density at radius 3 is 2.40 bits per heavy atom. The Morgan fingerprint density at radius 1 is 1.27 bits per heavy atom. The van der Waals surface area contributed by atoms with Gasteiger partial charge in [0.05, 0.1) is 6.54 Å². The fourth-order valence-corrected chi connectivity index (χ4v) is 1.17. The van der Waals surface area contributed by atoms with Crippen LogP contribution in [0.4, 0.5) is 0 Å². The molecule has 15 heavy (non-hydrogen) atoms. The van der Waals surface area contributed by atoms with Crippen molar-refractivity contribution in [1.29, 1.82) is 0 Å². The lowest BCUT2D eigenvalue weighted by atomic mass is 10.2. The molecule has 0 aliphatic heterocycles. The fraction of sp³-hybridized carbons (Fsp3) is 0.111. The van der Waals surface area contributed by atoms with Gasteiger partial charge in [-0.15, -0.1) is 0 Å². The summed E-state index contributed by atoms with van der Waals surface area (Å²) in [6.45, 7) is -0.259. The van der Waals surface area contributed by atoms with Crippen LogP contribution in [0.2, 0.25) is 0 Å². The van der Waals surface area contributed by atoms with Crippen molar-refractivity contribution in [2.24, 2.45) is 0 Å². The van der Waals surface area contributed by atoms with Gasteiger partial charge in [-0.05, 0) is 24.3 Å². The Hall–Kier alpha value is -1.40. The van der Waals surface area contributed by atoms with E-state index in [1.54, 1.807) is 24.3 Å².